The average Bonchev–Trinajstić information content (AvgIpc) is 2.57. The van der Waals surface area contributed by atoms with Crippen molar-refractivity contribution in [3.8, 4) is 5.75 Å². The van der Waals surface area contributed by atoms with Gasteiger partial charge in [-0.3, -0.25) is 0 Å². The number of rotatable bonds is 2. The lowest BCUT2D eigenvalue weighted by atomic mass is 9.94. The zero-order valence-corrected chi connectivity index (χ0v) is 9.33. The highest BCUT2D eigenvalue weighted by molar-refractivity contribution is 5.36. The molecule has 82 valence electrons. The Bertz CT molecular complexity index is 303. The van der Waals surface area contributed by atoms with Crippen LogP contribution in [0.25, 0.3) is 0 Å². The van der Waals surface area contributed by atoms with E-state index in [9.17, 15) is 0 Å². The summed E-state index contributed by atoms with van der Waals surface area (Å²) < 4.78 is 5.41. The van der Waals surface area contributed by atoms with E-state index in [1.54, 1.807) is 7.11 Å². The lowest BCUT2D eigenvalue weighted by Gasteiger charge is -2.17. The van der Waals surface area contributed by atoms with Gasteiger partial charge in [0.15, 0.2) is 0 Å². The average molecular weight is 205 g/mol. The van der Waals surface area contributed by atoms with Crippen LogP contribution in [0.5, 0.6) is 5.75 Å². The molecule has 15 heavy (non-hydrogen) atoms. The predicted molar refractivity (Wildman–Crippen MR) is 62.5 cm³/mol. The van der Waals surface area contributed by atoms with E-state index in [2.05, 4.69) is 23.5 Å². The first kappa shape index (κ1) is 10.5. The lowest BCUT2D eigenvalue weighted by molar-refractivity contribution is 0.403. The monoisotopic (exact) mass is 205 g/mol. The van der Waals surface area contributed by atoms with E-state index < -0.39 is 0 Å². The van der Waals surface area contributed by atoms with Crippen LogP contribution in [0.1, 0.15) is 30.7 Å². The molecule has 0 spiro atoms. The Morgan fingerprint density at radius 1 is 1.27 bits per heavy atom. The van der Waals surface area contributed by atoms with Gasteiger partial charge in [0.2, 0.25) is 0 Å². The SMILES string of the molecule is COc1ccccc1C1CCCCNC1. The number of para-hydroxylation sites is 1. The van der Waals surface area contributed by atoms with Crippen molar-refractivity contribution in [1.82, 2.24) is 5.32 Å². The molecule has 1 heterocycles. The van der Waals surface area contributed by atoms with Crippen LogP contribution in [0.15, 0.2) is 24.3 Å². The number of benzene rings is 1. The summed E-state index contributed by atoms with van der Waals surface area (Å²) in [6.45, 7) is 2.24. The lowest BCUT2D eigenvalue weighted by Crippen LogP contribution is -2.19. The van der Waals surface area contributed by atoms with Crippen LogP contribution in [0.3, 0.4) is 0 Å². The topological polar surface area (TPSA) is 21.3 Å². The molecule has 0 saturated carbocycles. The Morgan fingerprint density at radius 2 is 2.13 bits per heavy atom. The normalized spacial score (nSPS) is 22.1. The van der Waals surface area contributed by atoms with Crippen molar-refractivity contribution in [1.29, 1.82) is 0 Å². The number of methoxy groups -OCH3 is 1. The van der Waals surface area contributed by atoms with Gasteiger partial charge < -0.3 is 10.1 Å². The summed E-state index contributed by atoms with van der Waals surface area (Å²) >= 11 is 0. The largest absolute Gasteiger partial charge is 0.496 e. The first-order valence-electron chi connectivity index (χ1n) is 5.75. The molecule has 0 amide bonds. The summed E-state index contributed by atoms with van der Waals surface area (Å²) in [5, 5.41) is 3.49. The molecule has 2 nitrogen and oxygen atoms in total. The molecule has 2 rings (SSSR count). The third kappa shape index (κ3) is 2.51. The number of nitrogens with one attached hydrogen (secondary N) is 1. The molecule has 0 radical (unpaired) electrons. The van der Waals surface area contributed by atoms with E-state index in [-0.39, 0.29) is 0 Å². The standard InChI is InChI=1S/C13H19NO/c1-15-13-8-3-2-7-12(13)11-6-4-5-9-14-10-11/h2-3,7-8,11,14H,4-6,9-10H2,1H3. The van der Waals surface area contributed by atoms with Crippen LogP contribution < -0.4 is 10.1 Å². The Hall–Kier alpha value is -1.02. The molecule has 1 fully saturated rings. The second-order valence-corrected chi connectivity index (χ2v) is 4.14. The Labute approximate surface area is 91.6 Å². The smallest absolute Gasteiger partial charge is 0.122 e. The highest BCUT2D eigenvalue weighted by atomic mass is 16.5. The molecule has 1 unspecified atom stereocenters. The fourth-order valence-corrected chi connectivity index (χ4v) is 2.29. The van der Waals surface area contributed by atoms with Gasteiger partial charge in [0.25, 0.3) is 0 Å². The number of ether oxygens (including phenoxy) is 1. The molecule has 0 aromatic heterocycles. The molecule has 0 bridgehead atoms. The van der Waals surface area contributed by atoms with Crippen molar-refractivity contribution in [2.75, 3.05) is 20.2 Å². The maximum absolute atomic E-state index is 5.41. The van der Waals surface area contributed by atoms with Gasteiger partial charge in [-0.05, 0) is 36.9 Å². The number of hydrogen-bond donors (Lipinski definition) is 1. The molecular formula is C13H19NO. The molecule has 1 saturated heterocycles. The Kier molecular flexibility index (Phi) is 3.62. The maximum atomic E-state index is 5.41. The van der Waals surface area contributed by atoms with Gasteiger partial charge in [-0.2, -0.15) is 0 Å². The minimum Gasteiger partial charge on any atom is -0.496 e. The molecule has 1 N–H and O–H groups in total. The number of hydrogen-bond acceptors (Lipinski definition) is 2. The van der Waals surface area contributed by atoms with Gasteiger partial charge in [-0.1, -0.05) is 24.6 Å². The summed E-state index contributed by atoms with van der Waals surface area (Å²) in [7, 11) is 1.75. The Balaban J connectivity index is 2.18. The zero-order chi connectivity index (χ0) is 10.5. The van der Waals surface area contributed by atoms with Crippen LogP contribution >= 0.6 is 0 Å². The van der Waals surface area contributed by atoms with Crippen molar-refractivity contribution in [2.45, 2.75) is 25.2 Å². The zero-order valence-electron chi connectivity index (χ0n) is 9.33. The van der Waals surface area contributed by atoms with E-state index in [1.165, 1.54) is 24.8 Å². The predicted octanol–water partition coefficient (Wildman–Crippen LogP) is 2.55. The summed E-state index contributed by atoms with van der Waals surface area (Å²) in [6.07, 6.45) is 3.88. The maximum Gasteiger partial charge on any atom is 0.122 e. The van der Waals surface area contributed by atoms with Crippen molar-refractivity contribution in [2.24, 2.45) is 0 Å². The van der Waals surface area contributed by atoms with Crippen LogP contribution in [0, 0.1) is 0 Å². The fraction of sp³-hybridized carbons (Fsp3) is 0.538. The molecule has 2 heteroatoms. The molecule has 1 aromatic carbocycles. The minimum atomic E-state index is 0.614. The van der Waals surface area contributed by atoms with Crippen molar-refractivity contribution in [3.63, 3.8) is 0 Å². The van der Waals surface area contributed by atoms with E-state index >= 15 is 0 Å². The molecular weight excluding hydrogens is 186 g/mol. The molecule has 1 atom stereocenters. The third-order valence-corrected chi connectivity index (χ3v) is 3.13. The fourth-order valence-electron chi connectivity index (χ4n) is 2.29. The van der Waals surface area contributed by atoms with Crippen LogP contribution in [-0.4, -0.2) is 20.2 Å². The van der Waals surface area contributed by atoms with Gasteiger partial charge in [0.05, 0.1) is 7.11 Å². The van der Waals surface area contributed by atoms with Gasteiger partial charge in [0.1, 0.15) is 5.75 Å². The first-order chi connectivity index (χ1) is 7.42. The summed E-state index contributed by atoms with van der Waals surface area (Å²) in [6, 6.07) is 8.38. The molecule has 0 aliphatic carbocycles. The van der Waals surface area contributed by atoms with E-state index in [1.807, 2.05) is 6.07 Å². The summed E-state index contributed by atoms with van der Waals surface area (Å²) in [5.74, 6) is 1.65. The van der Waals surface area contributed by atoms with Crippen molar-refractivity contribution in [3.05, 3.63) is 29.8 Å². The van der Waals surface area contributed by atoms with E-state index in [0.717, 1.165) is 18.8 Å². The van der Waals surface area contributed by atoms with Crippen molar-refractivity contribution < 1.29 is 4.74 Å². The second-order valence-electron chi connectivity index (χ2n) is 4.14. The van der Waals surface area contributed by atoms with Gasteiger partial charge in [-0.15, -0.1) is 0 Å². The van der Waals surface area contributed by atoms with E-state index in [4.69, 9.17) is 4.74 Å². The third-order valence-electron chi connectivity index (χ3n) is 3.13. The van der Waals surface area contributed by atoms with Crippen LogP contribution in [0.4, 0.5) is 0 Å². The van der Waals surface area contributed by atoms with Crippen molar-refractivity contribution >= 4 is 0 Å². The van der Waals surface area contributed by atoms with Crippen LogP contribution in [-0.2, 0) is 0 Å². The van der Waals surface area contributed by atoms with Gasteiger partial charge in [-0.25, -0.2) is 0 Å². The first-order valence-corrected chi connectivity index (χ1v) is 5.75. The minimum absolute atomic E-state index is 0.614. The van der Waals surface area contributed by atoms with Gasteiger partial charge in [0, 0.05) is 6.54 Å². The van der Waals surface area contributed by atoms with Gasteiger partial charge >= 0.3 is 0 Å². The van der Waals surface area contributed by atoms with E-state index in [0.29, 0.717) is 5.92 Å². The molecule has 1 aromatic rings. The summed E-state index contributed by atoms with van der Waals surface area (Å²) in [5.41, 5.74) is 1.36. The highest BCUT2D eigenvalue weighted by Gasteiger charge is 2.16. The van der Waals surface area contributed by atoms with Crippen LogP contribution in [0.2, 0.25) is 0 Å². The molecule has 1 aliphatic heterocycles. The quantitative estimate of drug-likeness (QED) is 0.801. The Morgan fingerprint density at radius 3 is 3.00 bits per heavy atom. The highest BCUT2D eigenvalue weighted by Crippen LogP contribution is 2.30. The second kappa shape index (κ2) is 5.17. The summed E-state index contributed by atoms with van der Waals surface area (Å²) in [4.78, 5) is 0. The molecule has 1 aliphatic rings.